The van der Waals surface area contributed by atoms with Gasteiger partial charge in [0, 0.05) is 31.9 Å². The van der Waals surface area contributed by atoms with E-state index in [4.69, 9.17) is 4.99 Å². The third-order valence-corrected chi connectivity index (χ3v) is 5.63. The minimum Gasteiger partial charge on any atom is -0.357 e. The van der Waals surface area contributed by atoms with Crippen molar-refractivity contribution in [1.29, 1.82) is 0 Å². The summed E-state index contributed by atoms with van der Waals surface area (Å²) in [7, 11) is 0. The normalized spacial score (nSPS) is 19.9. The molecular formula is C19H33N5. The molecular weight excluding hydrogens is 298 g/mol. The van der Waals surface area contributed by atoms with Gasteiger partial charge in [-0.25, -0.2) is 0 Å². The highest BCUT2D eigenvalue weighted by Gasteiger charge is 2.48. The van der Waals surface area contributed by atoms with Gasteiger partial charge >= 0.3 is 0 Å². The molecule has 2 fully saturated rings. The molecule has 0 radical (unpaired) electrons. The van der Waals surface area contributed by atoms with Gasteiger partial charge in [0.25, 0.3) is 0 Å². The molecule has 0 amide bonds. The first-order valence-electron chi connectivity index (χ1n) is 9.66. The fourth-order valence-corrected chi connectivity index (χ4v) is 3.94. The number of rotatable bonds is 8. The van der Waals surface area contributed by atoms with Crippen molar-refractivity contribution in [3.63, 3.8) is 0 Å². The Bertz CT molecular complexity index is 566. The fraction of sp³-hybridized carbons (Fsp3) is 0.789. The standard InChI is InChI=1S/C19H33N5/c1-4-20-18(22-14-19(9-5-10-19)17-7-8-17)21-11-6-12-24-16(3)13-15(2)23-24/h13,17H,4-12,14H2,1-3H3,(H2,20,21,22). The van der Waals surface area contributed by atoms with E-state index >= 15 is 0 Å². The van der Waals surface area contributed by atoms with Gasteiger partial charge in [0.15, 0.2) is 5.96 Å². The number of aryl methyl sites for hydroxylation is 3. The molecule has 2 saturated carbocycles. The zero-order chi connectivity index (χ0) is 17.0. The first-order chi connectivity index (χ1) is 11.6. The Morgan fingerprint density at radius 3 is 2.67 bits per heavy atom. The van der Waals surface area contributed by atoms with Gasteiger partial charge in [0.1, 0.15) is 0 Å². The molecule has 1 aromatic rings. The molecule has 2 N–H and O–H groups in total. The van der Waals surface area contributed by atoms with E-state index in [0.29, 0.717) is 5.41 Å². The maximum Gasteiger partial charge on any atom is 0.191 e. The molecule has 134 valence electrons. The van der Waals surface area contributed by atoms with Gasteiger partial charge in [-0.05, 0) is 70.3 Å². The van der Waals surface area contributed by atoms with E-state index in [2.05, 4.69) is 40.3 Å². The van der Waals surface area contributed by atoms with Crippen LogP contribution in [0.25, 0.3) is 0 Å². The first-order valence-corrected chi connectivity index (χ1v) is 9.66. The second kappa shape index (κ2) is 7.58. The van der Waals surface area contributed by atoms with Crippen molar-refractivity contribution in [3.05, 3.63) is 17.5 Å². The molecule has 0 bridgehead atoms. The summed E-state index contributed by atoms with van der Waals surface area (Å²) in [6.45, 7) is 10.1. The highest BCUT2D eigenvalue weighted by Crippen LogP contribution is 2.57. The quantitative estimate of drug-likeness (QED) is 0.437. The molecule has 2 aliphatic rings. The lowest BCUT2D eigenvalue weighted by Gasteiger charge is -2.41. The summed E-state index contributed by atoms with van der Waals surface area (Å²) in [6, 6.07) is 2.13. The van der Waals surface area contributed by atoms with Gasteiger partial charge in [-0.3, -0.25) is 9.67 Å². The highest BCUT2D eigenvalue weighted by atomic mass is 15.3. The van der Waals surface area contributed by atoms with E-state index in [0.717, 1.165) is 50.2 Å². The number of guanidine groups is 1. The predicted octanol–water partition coefficient (Wildman–Crippen LogP) is 3.03. The van der Waals surface area contributed by atoms with E-state index in [-0.39, 0.29) is 0 Å². The molecule has 0 unspecified atom stereocenters. The minimum atomic E-state index is 0.548. The molecule has 5 nitrogen and oxygen atoms in total. The average Bonchev–Trinajstić information content (AvgIpc) is 3.29. The van der Waals surface area contributed by atoms with Crippen molar-refractivity contribution in [2.75, 3.05) is 19.6 Å². The maximum atomic E-state index is 4.91. The summed E-state index contributed by atoms with van der Waals surface area (Å²) in [5, 5.41) is 11.4. The molecule has 0 spiro atoms. The Kier molecular flexibility index (Phi) is 5.47. The zero-order valence-corrected chi connectivity index (χ0v) is 15.6. The molecule has 0 aliphatic heterocycles. The van der Waals surface area contributed by atoms with Crippen LogP contribution in [-0.4, -0.2) is 35.4 Å². The largest absolute Gasteiger partial charge is 0.357 e. The van der Waals surface area contributed by atoms with Crippen molar-refractivity contribution in [2.24, 2.45) is 16.3 Å². The van der Waals surface area contributed by atoms with Crippen molar-refractivity contribution < 1.29 is 0 Å². The number of nitrogens with one attached hydrogen (secondary N) is 2. The second-order valence-electron chi connectivity index (χ2n) is 7.62. The molecule has 0 atom stereocenters. The Morgan fingerprint density at radius 1 is 1.33 bits per heavy atom. The van der Waals surface area contributed by atoms with Gasteiger partial charge in [0.2, 0.25) is 0 Å². The van der Waals surface area contributed by atoms with Gasteiger partial charge in [-0.15, -0.1) is 0 Å². The third kappa shape index (κ3) is 4.11. The SMILES string of the molecule is CCNC(=NCC1(C2CC2)CCC1)NCCCn1nc(C)cc1C. The van der Waals surface area contributed by atoms with Crippen LogP contribution in [0.1, 0.15) is 56.8 Å². The molecule has 5 heteroatoms. The lowest BCUT2D eigenvalue weighted by molar-refractivity contribution is 0.113. The van der Waals surface area contributed by atoms with Crippen LogP contribution in [-0.2, 0) is 6.54 Å². The van der Waals surface area contributed by atoms with Gasteiger partial charge in [-0.1, -0.05) is 6.42 Å². The minimum absolute atomic E-state index is 0.548. The van der Waals surface area contributed by atoms with E-state index < -0.39 is 0 Å². The molecule has 1 aromatic heterocycles. The van der Waals surface area contributed by atoms with Crippen LogP contribution in [0.4, 0.5) is 0 Å². The number of aromatic nitrogens is 2. The molecule has 0 aromatic carbocycles. The van der Waals surface area contributed by atoms with E-state index in [1.807, 2.05) is 6.92 Å². The van der Waals surface area contributed by atoms with Crippen LogP contribution in [0.2, 0.25) is 0 Å². The number of hydrogen-bond donors (Lipinski definition) is 2. The van der Waals surface area contributed by atoms with Gasteiger partial charge < -0.3 is 10.6 Å². The van der Waals surface area contributed by atoms with Crippen molar-refractivity contribution in [2.45, 2.75) is 65.8 Å². The monoisotopic (exact) mass is 331 g/mol. The van der Waals surface area contributed by atoms with Crippen LogP contribution in [0, 0.1) is 25.2 Å². The predicted molar refractivity (Wildman–Crippen MR) is 99.3 cm³/mol. The topological polar surface area (TPSA) is 54.2 Å². The Morgan fingerprint density at radius 2 is 2.12 bits per heavy atom. The summed E-state index contributed by atoms with van der Waals surface area (Å²) in [4.78, 5) is 4.91. The lowest BCUT2D eigenvalue weighted by atomic mass is 9.65. The van der Waals surface area contributed by atoms with Crippen LogP contribution in [0.15, 0.2) is 11.1 Å². The molecule has 24 heavy (non-hydrogen) atoms. The zero-order valence-electron chi connectivity index (χ0n) is 15.6. The van der Waals surface area contributed by atoms with Gasteiger partial charge in [-0.2, -0.15) is 5.10 Å². The molecule has 2 aliphatic carbocycles. The van der Waals surface area contributed by atoms with Crippen LogP contribution in [0.3, 0.4) is 0 Å². The Labute approximate surface area is 146 Å². The molecule has 0 saturated heterocycles. The Hall–Kier alpha value is -1.52. The van der Waals surface area contributed by atoms with Crippen LogP contribution >= 0.6 is 0 Å². The van der Waals surface area contributed by atoms with Gasteiger partial charge in [0.05, 0.1) is 5.69 Å². The lowest BCUT2D eigenvalue weighted by Crippen LogP contribution is -2.41. The highest BCUT2D eigenvalue weighted by molar-refractivity contribution is 5.79. The summed E-state index contributed by atoms with van der Waals surface area (Å²) in [5.41, 5.74) is 2.89. The van der Waals surface area contributed by atoms with Crippen LogP contribution < -0.4 is 10.6 Å². The second-order valence-corrected chi connectivity index (χ2v) is 7.62. The Balaban J connectivity index is 1.45. The van der Waals surface area contributed by atoms with Crippen molar-refractivity contribution in [1.82, 2.24) is 20.4 Å². The van der Waals surface area contributed by atoms with E-state index in [1.54, 1.807) is 0 Å². The number of aliphatic imine (C=N–C) groups is 1. The first kappa shape index (κ1) is 17.3. The molecule has 1 heterocycles. The van der Waals surface area contributed by atoms with E-state index in [1.165, 1.54) is 37.8 Å². The smallest absolute Gasteiger partial charge is 0.191 e. The van der Waals surface area contributed by atoms with E-state index in [9.17, 15) is 0 Å². The maximum absolute atomic E-state index is 4.91. The number of nitrogens with zero attached hydrogens (tertiary/aromatic N) is 3. The summed E-state index contributed by atoms with van der Waals surface area (Å²) in [5.74, 6) is 1.95. The van der Waals surface area contributed by atoms with Crippen molar-refractivity contribution in [3.8, 4) is 0 Å². The summed E-state index contributed by atoms with van der Waals surface area (Å²) in [6.07, 6.45) is 8.10. The number of hydrogen-bond acceptors (Lipinski definition) is 2. The summed E-state index contributed by atoms with van der Waals surface area (Å²) >= 11 is 0. The van der Waals surface area contributed by atoms with Crippen molar-refractivity contribution >= 4 is 5.96 Å². The third-order valence-electron chi connectivity index (χ3n) is 5.63. The molecule has 3 rings (SSSR count). The average molecular weight is 332 g/mol. The summed E-state index contributed by atoms with van der Waals surface area (Å²) < 4.78 is 2.09. The fourth-order valence-electron chi connectivity index (χ4n) is 3.94. The van der Waals surface area contributed by atoms with Crippen LogP contribution in [0.5, 0.6) is 0 Å².